The molecule has 0 aliphatic heterocycles. The number of benzene rings is 1. The van der Waals surface area contributed by atoms with Gasteiger partial charge in [-0.25, -0.2) is 0 Å². The smallest absolute Gasteiger partial charge is 0.0738 e. The van der Waals surface area contributed by atoms with Crippen molar-refractivity contribution in [2.45, 2.75) is 51.6 Å². The second-order valence-corrected chi connectivity index (χ2v) is 5.78. The van der Waals surface area contributed by atoms with E-state index in [2.05, 4.69) is 38.1 Å². The number of hydrogen-bond acceptors (Lipinski definition) is 1. The highest BCUT2D eigenvalue weighted by molar-refractivity contribution is 5.18. The Morgan fingerprint density at radius 3 is 2.31 bits per heavy atom. The third-order valence-electron chi connectivity index (χ3n) is 4.24. The summed E-state index contributed by atoms with van der Waals surface area (Å²) in [7, 11) is 0. The SMILES string of the molecule is CC1(C)CCCCC1(O)Cc1ccccc1. The zero-order valence-corrected chi connectivity index (χ0v) is 10.4. The van der Waals surface area contributed by atoms with E-state index in [9.17, 15) is 5.11 Å². The fourth-order valence-electron chi connectivity index (χ4n) is 2.82. The summed E-state index contributed by atoms with van der Waals surface area (Å²) in [6, 6.07) is 10.4. The van der Waals surface area contributed by atoms with Gasteiger partial charge in [0, 0.05) is 6.42 Å². The molecule has 2 rings (SSSR count). The van der Waals surface area contributed by atoms with E-state index >= 15 is 0 Å². The molecule has 1 unspecified atom stereocenters. The van der Waals surface area contributed by atoms with Crippen LogP contribution in [0.25, 0.3) is 0 Å². The molecule has 1 N–H and O–H groups in total. The molecule has 0 saturated heterocycles. The molecule has 1 aromatic carbocycles. The van der Waals surface area contributed by atoms with Crippen LogP contribution in [0.2, 0.25) is 0 Å². The molecule has 1 aromatic rings. The van der Waals surface area contributed by atoms with Crippen molar-refractivity contribution in [1.29, 1.82) is 0 Å². The van der Waals surface area contributed by atoms with Gasteiger partial charge in [0.05, 0.1) is 5.60 Å². The third kappa shape index (κ3) is 2.15. The Hall–Kier alpha value is -0.820. The largest absolute Gasteiger partial charge is 0.389 e. The molecular weight excluding hydrogens is 196 g/mol. The second kappa shape index (κ2) is 4.21. The quantitative estimate of drug-likeness (QED) is 0.804. The second-order valence-electron chi connectivity index (χ2n) is 5.78. The maximum Gasteiger partial charge on any atom is 0.0738 e. The van der Waals surface area contributed by atoms with Crippen LogP contribution >= 0.6 is 0 Å². The molecular formula is C15H22O. The molecule has 1 atom stereocenters. The Labute approximate surface area is 98.5 Å². The zero-order valence-electron chi connectivity index (χ0n) is 10.4. The van der Waals surface area contributed by atoms with Gasteiger partial charge in [-0.3, -0.25) is 0 Å². The van der Waals surface area contributed by atoms with Gasteiger partial charge in [0.25, 0.3) is 0 Å². The minimum absolute atomic E-state index is 0.0427. The molecule has 1 saturated carbocycles. The van der Waals surface area contributed by atoms with E-state index in [4.69, 9.17) is 0 Å². The van der Waals surface area contributed by atoms with E-state index in [1.807, 2.05) is 6.07 Å². The summed E-state index contributed by atoms with van der Waals surface area (Å²) in [5.74, 6) is 0. The zero-order chi connectivity index (χ0) is 11.6. The molecule has 1 aliphatic rings. The van der Waals surface area contributed by atoms with Crippen molar-refractivity contribution in [3.8, 4) is 0 Å². The van der Waals surface area contributed by atoms with Crippen LogP contribution in [0.3, 0.4) is 0 Å². The van der Waals surface area contributed by atoms with E-state index in [0.29, 0.717) is 0 Å². The highest BCUT2D eigenvalue weighted by Gasteiger charge is 2.44. The highest BCUT2D eigenvalue weighted by Crippen LogP contribution is 2.45. The highest BCUT2D eigenvalue weighted by atomic mass is 16.3. The molecule has 16 heavy (non-hydrogen) atoms. The van der Waals surface area contributed by atoms with Crippen LogP contribution in [0, 0.1) is 5.41 Å². The fourth-order valence-corrected chi connectivity index (χ4v) is 2.82. The first-order chi connectivity index (χ1) is 7.54. The molecule has 0 bridgehead atoms. The van der Waals surface area contributed by atoms with Crippen molar-refractivity contribution in [2.75, 3.05) is 0 Å². The van der Waals surface area contributed by atoms with Gasteiger partial charge >= 0.3 is 0 Å². The molecule has 0 spiro atoms. The number of rotatable bonds is 2. The predicted octanol–water partition coefficient (Wildman–Crippen LogP) is 3.56. The van der Waals surface area contributed by atoms with E-state index in [0.717, 1.165) is 25.7 Å². The summed E-state index contributed by atoms with van der Waals surface area (Å²) in [5, 5.41) is 10.9. The molecule has 0 aromatic heterocycles. The monoisotopic (exact) mass is 218 g/mol. The van der Waals surface area contributed by atoms with Crippen molar-refractivity contribution in [3.05, 3.63) is 35.9 Å². The Morgan fingerprint density at radius 1 is 1.06 bits per heavy atom. The van der Waals surface area contributed by atoms with Gasteiger partial charge in [-0.15, -0.1) is 0 Å². The van der Waals surface area contributed by atoms with Crippen LogP contribution in [0.5, 0.6) is 0 Å². The first kappa shape index (κ1) is 11.7. The normalized spacial score (nSPS) is 28.9. The molecule has 0 heterocycles. The number of aliphatic hydroxyl groups is 1. The van der Waals surface area contributed by atoms with E-state index < -0.39 is 5.60 Å². The minimum Gasteiger partial charge on any atom is -0.389 e. The summed E-state index contributed by atoms with van der Waals surface area (Å²) >= 11 is 0. The van der Waals surface area contributed by atoms with Crippen LogP contribution in [-0.2, 0) is 6.42 Å². The van der Waals surface area contributed by atoms with Crippen LogP contribution in [0.4, 0.5) is 0 Å². The molecule has 0 amide bonds. The summed E-state index contributed by atoms with van der Waals surface area (Å²) < 4.78 is 0. The average molecular weight is 218 g/mol. The van der Waals surface area contributed by atoms with Gasteiger partial charge in [-0.1, -0.05) is 57.0 Å². The molecule has 88 valence electrons. The Morgan fingerprint density at radius 2 is 1.69 bits per heavy atom. The summed E-state index contributed by atoms with van der Waals surface area (Å²) in [6.07, 6.45) is 5.28. The van der Waals surface area contributed by atoms with Gasteiger partial charge in [0.2, 0.25) is 0 Å². The molecule has 0 radical (unpaired) electrons. The summed E-state index contributed by atoms with van der Waals surface area (Å²) in [4.78, 5) is 0. The van der Waals surface area contributed by atoms with E-state index in [1.54, 1.807) is 0 Å². The van der Waals surface area contributed by atoms with Crippen LogP contribution in [-0.4, -0.2) is 10.7 Å². The van der Waals surface area contributed by atoms with E-state index in [-0.39, 0.29) is 5.41 Å². The third-order valence-corrected chi connectivity index (χ3v) is 4.24. The molecule has 1 heteroatoms. The van der Waals surface area contributed by atoms with Crippen LogP contribution in [0.1, 0.15) is 45.1 Å². The van der Waals surface area contributed by atoms with Crippen molar-refractivity contribution in [2.24, 2.45) is 5.41 Å². The minimum atomic E-state index is -0.521. The van der Waals surface area contributed by atoms with Crippen molar-refractivity contribution < 1.29 is 5.11 Å². The van der Waals surface area contributed by atoms with Gasteiger partial charge in [-0.2, -0.15) is 0 Å². The Kier molecular flexibility index (Phi) is 3.07. The lowest BCUT2D eigenvalue weighted by molar-refractivity contribution is -0.0958. The summed E-state index contributed by atoms with van der Waals surface area (Å²) in [6.45, 7) is 4.41. The van der Waals surface area contributed by atoms with Gasteiger partial charge in [-0.05, 0) is 23.8 Å². The number of hydrogen-bond donors (Lipinski definition) is 1. The first-order valence-electron chi connectivity index (χ1n) is 6.30. The maximum atomic E-state index is 10.9. The standard InChI is InChI=1S/C15H22O/c1-14(2)10-6-7-11-15(14,16)12-13-8-4-3-5-9-13/h3-5,8-9,16H,6-7,10-12H2,1-2H3. The predicted molar refractivity (Wildman–Crippen MR) is 67.3 cm³/mol. The van der Waals surface area contributed by atoms with Gasteiger partial charge < -0.3 is 5.11 Å². The lowest BCUT2D eigenvalue weighted by Crippen LogP contribution is -2.48. The van der Waals surface area contributed by atoms with Gasteiger partial charge in [0.1, 0.15) is 0 Å². The molecule has 1 nitrogen and oxygen atoms in total. The topological polar surface area (TPSA) is 20.2 Å². The van der Waals surface area contributed by atoms with Crippen molar-refractivity contribution >= 4 is 0 Å². The Bertz CT molecular complexity index is 342. The maximum absolute atomic E-state index is 10.9. The lowest BCUT2D eigenvalue weighted by atomic mass is 9.63. The molecule has 1 aliphatic carbocycles. The first-order valence-corrected chi connectivity index (χ1v) is 6.30. The van der Waals surface area contributed by atoms with Gasteiger partial charge in [0.15, 0.2) is 0 Å². The van der Waals surface area contributed by atoms with Crippen molar-refractivity contribution in [3.63, 3.8) is 0 Å². The van der Waals surface area contributed by atoms with E-state index in [1.165, 1.54) is 12.0 Å². The van der Waals surface area contributed by atoms with Crippen molar-refractivity contribution in [1.82, 2.24) is 0 Å². The lowest BCUT2D eigenvalue weighted by Gasteiger charge is -2.46. The van der Waals surface area contributed by atoms with Crippen LogP contribution < -0.4 is 0 Å². The van der Waals surface area contributed by atoms with Crippen LogP contribution in [0.15, 0.2) is 30.3 Å². The average Bonchev–Trinajstić information content (AvgIpc) is 2.24. The fraction of sp³-hybridized carbons (Fsp3) is 0.600. The summed E-state index contributed by atoms with van der Waals surface area (Å²) in [5.41, 5.74) is 0.771. The Balaban J connectivity index is 2.18. The molecule has 1 fully saturated rings.